The molecule has 9 nitrogen and oxygen atoms in total. The van der Waals surface area contributed by atoms with Gasteiger partial charge < -0.3 is 20.6 Å². The van der Waals surface area contributed by atoms with Crippen molar-refractivity contribution in [1.29, 1.82) is 5.26 Å². The van der Waals surface area contributed by atoms with E-state index >= 15 is 0 Å². The Morgan fingerprint density at radius 1 is 1.17 bits per heavy atom. The Morgan fingerprint density at radius 2 is 2.03 bits per heavy atom. The third-order valence-corrected chi connectivity index (χ3v) is 5.85. The molecule has 0 unspecified atom stereocenters. The zero-order valence-corrected chi connectivity index (χ0v) is 18.8. The van der Waals surface area contributed by atoms with Crippen molar-refractivity contribution in [2.45, 2.75) is 12.5 Å². The Morgan fingerprint density at radius 3 is 2.86 bits per heavy atom. The molecule has 9 heteroatoms. The van der Waals surface area contributed by atoms with E-state index in [1.54, 1.807) is 30.5 Å². The number of aromatic nitrogens is 3. The number of nitrogens with zero attached hydrogens (tertiary/aromatic N) is 5. The van der Waals surface area contributed by atoms with Crippen LogP contribution in [0.5, 0.6) is 5.75 Å². The molecule has 2 aromatic heterocycles. The van der Waals surface area contributed by atoms with Crippen LogP contribution in [-0.2, 0) is 0 Å². The van der Waals surface area contributed by atoms with Crippen molar-refractivity contribution in [3.63, 3.8) is 0 Å². The topological polar surface area (TPSA) is 127 Å². The molecule has 1 aliphatic rings. The van der Waals surface area contributed by atoms with Gasteiger partial charge in [-0.25, -0.2) is 9.97 Å². The predicted molar refractivity (Wildman–Crippen MR) is 133 cm³/mol. The van der Waals surface area contributed by atoms with Gasteiger partial charge in [0.15, 0.2) is 5.82 Å². The molecule has 0 aliphatic carbocycles. The Hall–Kier alpha value is -4.55. The minimum atomic E-state index is -0.426. The van der Waals surface area contributed by atoms with Crippen LogP contribution in [0.3, 0.4) is 0 Å². The molecule has 0 saturated carbocycles. The highest BCUT2D eigenvalue weighted by molar-refractivity contribution is 6.09. The maximum atomic E-state index is 13.4. The Labute approximate surface area is 202 Å². The Bertz CT molecular complexity index is 1420. The van der Waals surface area contributed by atoms with Crippen LogP contribution in [0.2, 0.25) is 0 Å². The molecule has 1 aliphatic heterocycles. The van der Waals surface area contributed by atoms with Gasteiger partial charge >= 0.3 is 0 Å². The summed E-state index contributed by atoms with van der Waals surface area (Å²) in [6.45, 7) is 1.97. The van der Waals surface area contributed by atoms with E-state index in [-0.39, 0.29) is 17.5 Å². The van der Waals surface area contributed by atoms with E-state index in [9.17, 15) is 9.90 Å². The lowest BCUT2D eigenvalue weighted by Gasteiger charge is -2.33. The second kappa shape index (κ2) is 9.75. The first-order valence-corrected chi connectivity index (χ1v) is 11.3. The average molecular weight is 466 g/mol. The number of phenolic OH excluding ortho intramolecular Hbond substituents is 1. The number of benzene rings is 2. The summed E-state index contributed by atoms with van der Waals surface area (Å²) in [4.78, 5) is 29.0. The van der Waals surface area contributed by atoms with Crippen molar-refractivity contribution in [3.05, 3.63) is 72.6 Å². The molecule has 0 spiro atoms. The normalized spacial score (nSPS) is 15.5. The highest BCUT2D eigenvalue weighted by atomic mass is 16.3. The van der Waals surface area contributed by atoms with Crippen molar-refractivity contribution in [2.24, 2.45) is 0 Å². The van der Waals surface area contributed by atoms with Gasteiger partial charge in [0, 0.05) is 49.4 Å². The third kappa shape index (κ3) is 4.88. The van der Waals surface area contributed by atoms with Crippen LogP contribution in [0.1, 0.15) is 16.9 Å². The van der Waals surface area contributed by atoms with Crippen LogP contribution >= 0.6 is 0 Å². The predicted octanol–water partition coefficient (Wildman–Crippen LogP) is 3.34. The molecule has 5 rings (SSSR count). The largest absolute Gasteiger partial charge is 0.508 e. The number of carbonyl (C=O) groups is 1. The van der Waals surface area contributed by atoms with Crippen LogP contribution in [0.25, 0.3) is 22.3 Å². The highest BCUT2D eigenvalue weighted by Crippen LogP contribution is 2.29. The van der Waals surface area contributed by atoms with Gasteiger partial charge in [0.1, 0.15) is 23.0 Å². The molecule has 35 heavy (non-hydrogen) atoms. The summed E-state index contributed by atoms with van der Waals surface area (Å²) in [5, 5.41) is 27.1. The first-order valence-electron chi connectivity index (χ1n) is 11.3. The van der Waals surface area contributed by atoms with E-state index in [4.69, 9.17) is 10.2 Å². The minimum absolute atomic E-state index is 0.0120. The summed E-state index contributed by atoms with van der Waals surface area (Å²) in [5.74, 6) is 0.562. The van der Waals surface area contributed by atoms with Crippen LogP contribution in [0.15, 0.2) is 66.9 Å². The molecule has 1 fully saturated rings. The van der Waals surface area contributed by atoms with Crippen LogP contribution in [-0.4, -0.2) is 51.6 Å². The summed E-state index contributed by atoms with van der Waals surface area (Å²) < 4.78 is 0. The second-order valence-electron chi connectivity index (χ2n) is 8.28. The number of hydrogen-bond acceptors (Lipinski definition) is 8. The summed E-state index contributed by atoms with van der Waals surface area (Å²) >= 11 is 0. The molecule has 1 atom stereocenters. The van der Waals surface area contributed by atoms with Gasteiger partial charge in [0.05, 0.1) is 18.2 Å². The maximum Gasteiger partial charge on any atom is 0.274 e. The number of piperazine rings is 1. The van der Waals surface area contributed by atoms with Crippen molar-refractivity contribution in [2.75, 3.05) is 29.9 Å². The maximum absolute atomic E-state index is 13.4. The molecule has 4 aromatic rings. The summed E-state index contributed by atoms with van der Waals surface area (Å²) in [6.07, 6.45) is 2.03. The number of phenols is 1. The van der Waals surface area contributed by atoms with E-state index in [0.717, 1.165) is 10.8 Å². The van der Waals surface area contributed by atoms with Crippen molar-refractivity contribution >= 4 is 28.2 Å². The first kappa shape index (κ1) is 22.3. The molecule has 1 saturated heterocycles. The number of nitriles is 1. The fraction of sp³-hybridized carbons (Fsp3) is 0.192. The minimum Gasteiger partial charge on any atom is -0.508 e. The van der Waals surface area contributed by atoms with Crippen LogP contribution < -0.4 is 15.5 Å². The number of pyridine rings is 1. The fourth-order valence-corrected chi connectivity index (χ4v) is 4.19. The van der Waals surface area contributed by atoms with Gasteiger partial charge in [-0.3, -0.25) is 9.78 Å². The van der Waals surface area contributed by atoms with Gasteiger partial charge in [-0.05, 0) is 23.6 Å². The fourth-order valence-electron chi connectivity index (χ4n) is 4.19. The number of amides is 1. The number of carbonyl (C=O) groups excluding carboxylic acids is 1. The van der Waals surface area contributed by atoms with Gasteiger partial charge in [-0.2, -0.15) is 5.26 Å². The highest BCUT2D eigenvalue weighted by Gasteiger charge is 2.23. The van der Waals surface area contributed by atoms with E-state index in [1.807, 2.05) is 35.2 Å². The van der Waals surface area contributed by atoms with E-state index in [0.29, 0.717) is 49.1 Å². The lowest BCUT2D eigenvalue weighted by Crippen LogP contribution is -2.51. The molecule has 0 radical (unpaired) electrons. The number of anilines is 2. The molecule has 2 aromatic carbocycles. The number of fused-ring (bicyclic) bond motifs is 1. The van der Waals surface area contributed by atoms with E-state index in [1.165, 1.54) is 6.07 Å². The number of hydrogen-bond donors (Lipinski definition) is 3. The summed E-state index contributed by atoms with van der Waals surface area (Å²) in [7, 11) is 0. The van der Waals surface area contributed by atoms with E-state index < -0.39 is 5.91 Å². The SMILES string of the molecule is N#CC[C@H]1CN(c2cc(C(=O)Nc3cc(O)cc4ccccc34)nc(-c3ccccn3)n2)CCN1. The molecule has 174 valence electrons. The van der Waals surface area contributed by atoms with Crippen LogP contribution in [0.4, 0.5) is 11.5 Å². The molecular formula is C26H23N7O2. The van der Waals surface area contributed by atoms with Crippen LogP contribution in [0, 0.1) is 11.3 Å². The van der Waals surface area contributed by atoms with Crippen molar-refractivity contribution < 1.29 is 9.90 Å². The van der Waals surface area contributed by atoms with Crippen molar-refractivity contribution in [1.82, 2.24) is 20.3 Å². The zero-order chi connectivity index (χ0) is 24.2. The number of nitrogens with one attached hydrogen (secondary N) is 2. The van der Waals surface area contributed by atoms with E-state index in [2.05, 4.69) is 26.7 Å². The average Bonchev–Trinajstić information content (AvgIpc) is 2.89. The molecule has 0 bridgehead atoms. The summed E-state index contributed by atoms with van der Waals surface area (Å²) in [5.41, 5.74) is 1.22. The van der Waals surface area contributed by atoms with Gasteiger partial charge in [-0.15, -0.1) is 0 Å². The molecule has 3 N–H and O–H groups in total. The smallest absolute Gasteiger partial charge is 0.274 e. The Kier molecular flexibility index (Phi) is 6.20. The van der Waals surface area contributed by atoms with Gasteiger partial charge in [-0.1, -0.05) is 30.3 Å². The monoisotopic (exact) mass is 465 g/mol. The van der Waals surface area contributed by atoms with Crippen molar-refractivity contribution in [3.8, 4) is 23.3 Å². The molecular weight excluding hydrogens is 442 g/mol. The van der Waals surface area contributed by atoms with Gasteiger partial charge in [0.25, 0.3) is 5.91 Å². The number of aromatic hydroxyl groups is 1. The summed E-state index contributed by atoms with van der Waals surface area (Å²) in [6, 6.07) is 20.0. The second-order valence-corrected chi connectivity index (χ2v) is 8.28. The standard InChI is InChI=1S/C26H23N7O2/c27-9-8-18-16-33(12-11-28-18)24-15-23(30-25(32-24)21-7-3-4-10-29-21)26(35)31-22-14-19(34)13-17-5-1-2-6-20(17)22/h1-7,10,13-15,18,28,34H,8,11-12,16H2,(H,31,35)/t18-/m0/s1. The lowest BCUT2D eigenvalue weighted by molar-refractivity contribution is 0.102. The van der Waals surface area contributed by atoms with Gasteiger partial charge in [0.2, 0.25) is 0 Å². The Balaban J connectivity index is 1.52. The quantitative estimate of drug-likeness (QED) is 0.410. The zero-order valence-electron chi connectivity index (χ0n) is 18.8. The third-order valence-electron chi connectivity index (χ3n) is 5.85. The number of rotatable bonds is 5. The first-order chi connectivity index (χ1) is 17.1. The molecule has 1 amide bonds. The molecule has 3 heterocycles. The lowest BCUT2D eigenvalue weighted by atomic mass is 10.1.